The smallest absolute Gasteiger partial charge is 0.290 e. The highest BCUT2D eigenvalue weighted by Crippen LogP contribution is 2.46. The Morgan fingerprint density at radius 2 is 1.92 bits per heavy atom. The van der Waals surface area contributed by atoms with Crippen LogP contribution in [0.2, 0.25) is 0 Å². The Kier molecular flexibility index (Phi) is 4.44. The van der Waals surface area contributed by atoms with E-state index in [-0.39, 0.29) is 35.2 Å². The SMILES string of the molecule is COCCN1C(=O)C2=C(C(=O)C3CCCCC3O2)C1c1ccc(O)cc1. The van der Waals surface area contributed by atoms with Crippen LogP contribution in [0.4, 0.5) is 0 Å². The van der Waals surface area contributed by atoms with E-state index in [1.54, 1.807) is 36.3 Å². The highest BCUT2D eigenvalue weighted by molar-refractivity contribution is 6.11. The molecule has 0 aromatic heterocycles. The lowest BCUT2D eigenvalue weighted by atomic mass is 9.77. The molecule has 2 aliphatic heterocycles. The molecule has 26 heavy (non-hydrogen) atoms. The summed E-state index contributed by atoms with van der Waals surface area (Å²) in [5.74, 6) is 0.00805. The first-order valence-corrected chi connectivity index (χ1v) is 9.15. The van der Waals surface area contributed by atoms with Gasteiger partial charge in [-0.2, -0.15) is 0 Å². The zero-order chi connectivity index (χ0) is 18.3. The number of hydrogen-bond donors (Lipinski definition) is 1. The second-order valence-corrected chi connectivity index (χ2v) is 7.14. The molecule has 1 saturated carbocycles. The molecular formula is C20H23NO5. The second kappa shape index (κ2) is 6.76. The molecule has 3 unspecified atom stereocenters. The van der Waals surface area contributed by atoms with Gasteiger partial charge >= 0.3 is 0 Å². The normalized spacial score (nSPS) is 28.0. The van der Waals surface area contributed by atoms with E-state index in [0.717, 1.165) is 31.2 Å². The first-order valence-electron chi connectivity index (χ1n) is 9.15. The fourth-order valence-electron chi connectivity index (χ4n) is 4.32. The van der Waals surface area contributed by atoms with Crippen LogP contribution in [0, 0.1) is 5.92 Å². The van der Waals surface area contributed by atoms with E-state index in [4.69, 9.17) is 9.47 Å². The Bertz CT molecular complexity index is 754. The number of methoxy groups -OCH3 is 1. The summed E-state index contributed by atoms with van der Waals surface area (Å²) in [5, 5.41) is 9.59. The second-order valence-electron chi connectivity index (χ2n) is 7.14. The number of hydrogen-bond acceptors (Lipinski definition) is 5. The van der Waals surface area contributed by atoms with Crippen molar-refractivity contribution in [3.8, 4) is 5.75 Å². The van der Waals surface area contributed by atoms with Crippen LogP contribution in [0.25, 0.3) is 0 Å². The van der Waals surface area contributed by atoms with Crippen molar-refractivity contribution in [2.45, 2.75) is 37.8 Å². The zero-order valence-corrected chi connectivity index (χ0v) is 14.8. The molecule has 1 aromatic rings. The lowest BCUT2D eigenvalue weighted by Gasteiger charge is -2.35. The predicted octanol–water partition coefficient (Wildman–Crippen LogP) is 2.33. The minimum absolute atomic E-state index is 0.0438. The van der Waals surface area contributed by atoms with Crippen molar-refractivity contribution < 1.29 is 24.2 Å². The van der Waals surface area contributed by atoms with Crippen LogP contribution < -0.4 is 0 Å². The first kappa shape index (κ1) is 17.1. The zero-order valence-electron chi connectivity index (χ0n) is 14.8. The average Bonchev–Trinajstić information content (AvgIpc) is 2.93. The van der Waals surface area contributed by atoms with Crippen molar-refractivity contribution >= 4 is 11.7 Å². The van der Waals surface area contributed by atoms with E-state index in [2.05, 4.69) is 0 Å². The van der Waals surface area contributed by atoms with Crippen LogP contribution in [0.5, 0.6) is 5.75 Å². The Hall–Kier alpha value is -2.34. The maximum Gasteiger partial charge on any atom is 0.290 e. The summed E-state index contributed by atoms with van der Waals surface area (Å²) in [7, 11) is 1.58. The lowest BCUT2D eigenvalue weighted by molar-refractivity contribution is -0.135. The molecule has 3 atom stereocenters. The fraction of sp³-hybridized carbons (Fsp3) is 0.500. The molecule has 3 aliphatic rings. The fourth-order valence-corrected chi connectivity index (χ4v) is 4.32. The van der Waals surface area contributed by atoms with Gasteiger partial charge in [0.1, 0.15) is 11.9 Å². The third kappa shape index (κ3) is 2.69. The number of fused-ring (bicyclic) bond motifs is 1. The minimum Gasteiger partial charge on any atom is -0.508 e. The maximum absolute atomic E-state index is 13.3. The number of nitrogens with zero attached hydrogens (tertiary/aromatic N) is 1. The Morgan fingerprint density at radius 3 is 2.65 bits per heavy atom. The number of ether oxygens (including phenoxy) is 2. The Balaban J connectivity index is 1.76. The molecule has 6 heteroatoms. The van der Waals surface area contributed by atoms with Gasteiger partial charge in [0.25, 0.3) is 5.91 Å². The van der Waals surface area contributed by atoms with Gasteiger partial charge in [0.05, 0.1) is 24.1 Å². The summed E-state index contributed by atoms with van der Waals surface area (Å²) in [4.78, 5) is 27.9. The first-order chi connectivity index (χ1) is 12.6. The molecular weight excluding hydrogens is 334 g/mol. The van der Waals surface area contributed by atoms with Crippen LogP contribution in [-0.4, -0.2) is 48.1 Å². The number of carbonyl (C=O) groups is 2. The van der Waals surface area contributed by atoms with Gasteiger partial charge in [0, 0.05) is 13.7 Å². The van der Waals surface area contributed by atoms with E-state index < -0.39 is 6.04 Å². The van der Waals surface area contributed by atoms with Crippen molar-refractivity contribution in [2.75, 3.05) is 20.3 Å². The molecule has 138 valence electrons. The molecule has 4 rings (SSSR count). The van der Waals surface area contributed by atoms with Crippen LogP contribution in [-0.2, 0) is 19.1 Å². The third-order valence-corrected chi connectivity index (χ3v) is 5.60. The third-order valence-electron chi connectivity index (χ3n) is 5.60. The average molecular weight is 357 g/mol. The van der Waals surface area contributed by atoms with Gasteiger partial charge < -0.3 is 19.5 Å². The Labute approximate surface area is 152 Å². The number of phenols is 1. The van der Waals surface area contributed by atoms with Gasteiger partial charge in [0.15, 0.2) is 11.5 Å². The molecule has 1 aliphatic carbocycles. The number of phenolic OH excluding ortho intramolecular Hbond substituents is 1. The molecule has 2 heterocycles. The number of rotatable bonds is 4. The van der Waals surface area contributed by atoms with E-state index in [0.29, 0.717) is 18.7 Å². The maximum atomic E-state index is 13.3. The summed E-state index contributed by atoms with van der Waals surface area (Å²) >= 11 is 0. The summed E-state index contributed by atoms with van der Waals surface area (Å²) in [6, 6.07) is 6.17. The van der Waals surface area contributed by atoms with Crippen molar-refractivity contribution in [3.05, 3.63) is 41.2 Å². The summed E-state index contributed by atoms with van der Waals surface area (Å²) in [6.45, 7) is 0.752. The monoisotopic (exact) mass is 357 g/mol. The van der Waals surface area contributed by atoms with Crippen LogP contribution >= 0.6 is 0 Å². The Morgan fingerprint density at radius 1 is 1.19 bits per heavy atom. The molecule has 1 fully saturated rings. The topological polar surface area (TPSA) is 76.1 Å². The molecule has 1 N–H and O–H groups in total. The minimum atomic E-state index is -0.483. The van der Waals surface area contributed by atoms with Crippen molar-refractivity contribution in [2.24, 2.45) is 5.92 Å². The molecule has 6 nitrogen and oxygen atoms in total. The summed E-state index contributed by atoms with van der Waals surface area (Å²) in [5.41, 5.74) is 1.27. The van der Waals surface area contributed by atoms with Crippen LogP contribution in [0.1, 0.15) is 37.3 Å². The molecule has 0 spiro atoms. The van der Waals surface area contributed by atoms with Crippen LogP contribution in [0.15, 0.2) is 35.6 Å². The summed E-state index contributed by atoms with van der Waals surface area (Å²) in [6.07, 6.45) is 3.50. The van der Waals surface area contributed by atoms with E-state index >= 15 is 0 Å². The van der Waals surface area contributed by atoms with Gasteiger partial charge in [-0.15, -0.1) is 0 Å². The van der Waals surface area contributed by atoms with E-state index in [1.807, 2.05) is 0 Å². The largest absolute Gasteiger partial charge is 0.508 e. The number of Topliss-reactive ketones (excluding diaryl/α,β-unsaturated/α-hetero) is 1. The van der Waals surface area contributed by atoms with E-state index in [1.165, 1.54) is 0 Å². The van der Waals surface area contributed by atoms with Gasteiger partial charge in [-0.1, -0.05) is 18.6 Å². The summed E-state index contributed by atoms with van der Waals surface area (Å²) < 4.78 is 11.2. The van der Waals surface area contributed by atoms with Crippen molar-refractivity contribution in [1.82, 2.24) is 4.90 Å². The number of amides is 1. The highest BCUT2D eigenvalue weighted by Gasteiger charge is 2.51. The van der Waals surface area contributed by atoms with Crippen molar-refractivity contribution in [3.63, 3.8) is 0 Å². The number of ketones is 1. The predicted molar refractivity (Wildman–Crippen MR) is 93.3 cm³/mol. The van der Waals surface area contributed by atoms with Gasteiger partial charge in [-0.25, -0.2) is 0 Å². The van der Waals surface area contributed by atoms with Gasteiger partial charge in [-0.3, -0.25) is 9.59 Å². The van der Waals surface area contributed by atoms with Gasteiger partial charge in [0.2, 0.25) is 0 Å². The van der Waals surface area contributed by atoms with Crippen LogP contribution in [0.3, 0.4) is 0 Å². The standard InChI is InChI=1S/C20H23NO5/c1-25-11-10-21-17(12-6-8-13(22)9-7-12)16-18(23)14-4-2-3-5-15(14)26-19(16)20(21)24/h6-9,14-15,17,22H,2-5,10-11H2,1H3. The number of carbonyl (C=O) groups excluding carboxylic acids is 2. The molecule has 0 saturated heterocycles. The highest BCUT2D eigenvalue weighted by atomic mass is 16.5. The van der Waals surface area contributed by atoms with Crippen molar-refractivity contribution in [1.29, 1.82) is 0 Å². The number of aromatic hydroxyl groups is 1. The molecule has 1 amide bonds. The van der Waals surface area contributed by atoms with E-state index in [9.17, 15) is 14.7 Å². The lowest BCUT2D eigenvalue weighted by Crippen LogP contribution is -2.39. The number of benzene rings is 1. The molecule has 0 radical (unpaired) electrons. The molecule has 0 bridgehead atoms. The quantitative estimate of drug-likeness (QED) is 0.895. The molecule has 1 aromatic carbocycles. The van der Waals surface area contributed by atoms with Gasteiger partial charge in [-0.05, 0) is 37.0 Å².